The molecule has 0 spiro atoms. The number of benzene rings is 2. The van der Waals surface area contributed by atoms with Crippen molar-refractivity contribution in [3.8, 4) is 0 Å². The van der Waals surface area contributed by atoms with Crippen molar-refractivity contribution in [2.45, 2.75) is 0 Å². The molecule has 0 fully saturated rings. The van der Waals surface area contributed by atoms with Gasteiger partial charge in [-0.3, -0.25) is 25.8 Å². The lowest BCUT2D eigenvalue weighted by atomic mass is 10.2. The molecule has 2 aromatic rings. The molecule has 2 rings (SSSR count). The SMILES string of the molecule is O=C(NNC(=S)NC(=O)c1ccccc1Br)c1ccccc1. The molecule has 2 amide bonds. The van der Waals surface area contributed by atoms with Crippen LogP contribution >= 0.6 is 28.1 Å². The quantitative estimate of drug-likeness (QED) is 0.555. The maximum atomic E-state index is 12.0. The van der Waals surface area contributed by atoms with Gasteiger partial charge in [0, 0.05) is 10.0 Å². The zero-order valence-corrected chi connectivity index (χ0v) is 13.7. The fourth-order valence-corrected chi connectivity index (χ4v) is 2.23. The number of carbonyl (C=O) groups is 2. The van der Waals surface area contributed by atoms with Gasteiger partial charge in [0.2, 0.25) is 0 Å². The summed E-state index contributed by atoms with van der Waals surface area (Å²) in [5.41, 5.74) is 5.83. The molecule has 0 heterocycles. The first-order chi connectivity index (χ1) is 10.6. The van der Waals surface area contributed by atoms with Crippen molar-refractivity contribution in [1.29, 1.82) is 0 Å². The molecule has 2 aromatic carbocycles. The average Bonchev–Trinajstić information content (AvgIpc) is 2.53. The molecule has 112 valence electrons. The summed E-state index contributed by atoms with van der Waals surface area (Å²) in [6.07, 6.45) is 0. The third-order valence-corrected chi connectivity index (χ3v) is 3.57. The summed E-state index contributed by atoms with van der Waals surface area (Å²) in [5, 5.41) is 2.49. The smallest absolute Gasteiger partial charge is 0.269 e. The van der Waals surface area contributed by atoms with Gasteiger partial charge in [0.25, 0.3) is 11.8 Å². The van der Waals surface area contributed by atoms with Gasteiger partial charge >= 0.3 is 0 Å². The Hall–Kier alpha value is -2.25. The summed E-state index contributed by atoms with van der Waals surface area (Å²) in [5.74, 6) is -0.725. The lowest BCUT2D eigenvalue weighted by Gasteiger charge is -2.11. The molecule has 5 nitrogen and oxygen atoms in total. The highest BCUT2D eigenvalue weighted by molar-refractivity contribution is 9.10. The molecule has 0 bridgehead atoms. The number of nitrogens with one attached hydrogen (secondary N) is 3. The van der Waals surface area contributed by atoms with Crippen molar-refractivity contribution >= 4 is 45.1 Å². The van der Waals surface area contributed by atoms with Gasteiger partial charge in [0.1, 0.15) is 0 Å². The van der Waals surface area contributed by atoms with Gasteiger partial charge in [0.05, 0.1) is 5.56 Å². The minimum atomic E-state index is -0.376. The Morgan fingerprint density at radius 3 is 2.18 bits per heavy atom. The van der Waals surface area contributed by atoms with E-state index in [0.29, 0.717) is 15.6 Å². The predicted octanol–water partition coefficient (Wildman–Crippen LogP) is 2.40. The molecule has 0 radical (unpaired) electrons. The molecule has 0 unspecified atom stereocenters. The Morgan fingerprint density at radius 2 is 1.50 bits per heavy atom. The van der Waals surface area contributed by atoms with Crippen LogP contribution in [0.5, 0.6) is 0 Å². The van der Waals surface area contributed by atoms with Crippen LogP contribution in [0.15, 0.2) is 59.1 Å². The monoisotopic (exact) mass is 377 g/mol. The van der Waals surface area contributed by atoms with E-state index in [2.05, 4.69) is 32.1 Å². The van der Waals surface area contributed by atoms with Crippen LogP contribution in [0.2, 0.25) is 0 Å². The molecule has 7 heteroatoms. The Balaban J connectivity index is 1.87. The Labute approximate surface area is 141 Å². The molecule has 0 aliphatic carbocycles. The largest absolute Gasteiger partial charge is 0.298 e. The van der Waals surface area contributed by atoms with Crippen LogP contribution in [0, 0.1) is 0 Å². The predicted molar refractivity (Wildman–Crippen MR) is 91.3 cm³/mol. The van der Waals surface area contributed by atoms with Crippen LogP contribution in [0.3, 0.4) is 0 Å². The molecule has 0 aliphatic rings. The lowest BCUT2D eigenvalue weighted by Crippen LogP contribution is -2.48. The van der Waals surface area contributed by atoms with E-state index in [9.17, 15) is 9.59 Å². The van der Waals surface area contributed by atoms with Gasteiger partial charge in [-0.15, -0.1) is 0 Å². The van der Waals surface area contributed by atoms with Gasteiger partial charge in [0.15, 0.2) is 5.11 Å². The first-order valence-corrected chi connectivity index (χ1v) is 7.49. The summed E-state index contributed by atoms with van der Waals surface area (Å²) in [7, 11) is 0. The number of halogens is 1. The molecule has 0 saturated heterocycles. The molecular formula is C15H12BrN3O2S. The lowest BCUT2D eigenvalue weighted by molar-refractivity contribution is 0.0934. The summed E-state index contributed by atoms with van der Waals surface area (Å²) < 4.78 is 0.656. The van der Waals surface area contributed by atoms with E-state index < -0.39 is 0 Å². The van der Waals surface area contributed by atoms with E-state index in [-0.39, 0.29) is 16.9 Å². The van der Waals surface area contributed by atoms with Crippen LogP contribution in [-0.2, 0) is 0 Å². The highest BCUT2D eigenvalue weighted by Crippen LogP contribution is 2.15. The number of carbonyl (C=O) groups excluding carboxylic acids is 2. The zero-order valence-electron chi connectivity index (χ0n) is 11.3. The van der Waals surface area contributed by atoms with Crippen LogP contribution in [0.25, 0.3) is 0 Å². The number of thiocarbonyl (C=S) groups is 1. The minimum Gasteiger partial charge on any atom is -0.298 e. The maximum Gasteiger partial charge on any atom is 0.269 e. The van der Waals surface area contributed by atoms with Crippen molar-refractivity contribution < 1.29 is 9.59 Å². The third-order valence-electron chi connectivity index (χ3n) is 2.67. The van der Waals surface area contributed by atoms with Crippen LogP contribution in [0.4, 0.5) is 0 Å². The summed E-state index contributed by atoms with van der Waals surface area (Å²) >= 11 is 8.25. The first-order valence-electron chi connectivity index (χ1n) is 6.29. The molecule has 0 atom stereocenters. The van der Waals surface area contributed by atoms with Crippen molar-refractivity contribution in [1.82, 2.24) is 16.2 Å². The van der Waals surface area contributed by atoms with Gasteiger partial charge in [-0.1, -0.05) is 30.3 Å². The fourth-order valence-electron chi connectivity index (χ4n) is 1.62. The average molecular weight is 378 g/mol. The number of hydrazine groups is 1. The van der Waals surface area contributed by atoms with Gasteiger partial charge in [-0.05, 0) is 52.4 Å². The second-order valence-corrected chi connectivity index (χ2v) is 5.47. The second kappa shape index (κ2) is 7.67. The number of amides is 2. The van der Waals surface area contributed by atoms with E-state index in [1.165, 1.54) is 0 Å². The fraction of sp³-hybridized carbons (Fsp3) is 0. The number of hydrogen-bond donors (Lipinski definition) is 3. The van der Waals surface area contributed by atoms with Crippen molar-refractivity contribution in [3.05, 3.63) is 70.2 Å². The van der Waals surface area contributed by atoms with Gasteiger partial charge in [-0.25, -0.2) is 0 Å². The van der Waals surface area contributed by atoms with Crippen molar-refractivity contribution in [3.63, 3.8) is 0 Å². The van der Waals surface area contributed by atoms with E-state index in [4.69, 9.17) is 12.2 Å². The summed E-state index contributed by atoms with van der Waals surface area (Å²) in [6.45, 7) is 0. The van der Waals surface area contributed by atoms with Gasteiger partial charge < -0.3 is 0 Å². The normalized spacial score (nSPS) is 9.68. The topological polar surface area (TPSA) is 70.2 Å². The standard InChI is InChI=1S/C15H12BrN3O2S/c16-12-9-5-4-8-11(12)14(21)17-15(22)19-18-13(20)10-6-2-1-3-7-10/h1-9H,(H,18,20)(H2,17,19,21,22). The molecule has 0 saturated carbocycles. The van der Waals surface area contributed by atoms with Crippen LogP contribution < -0.4 is 16.2 Å². The molecule has 0 aromatic heterocycles. The molecule has 3 N–H and O–H groups in total. The summed E-state index contributed by atoms with van der Waals surface area (Å²) in [6, 6.07) is 15.6. The van der Waals surface area contributed by atoms with E-state index in [0.717, 1.165) is 0 Å². The number of rotatable bonds is 2. The van der Waals surface area contributed by atoms with Crippen molar-refractivity contribution in [2.24, 2.45) is 0 Å². The highest BCUT2D eigenvalue weighted by atomic mass is 79.9. The maximum absolute atomic E-state index is 12.0. The van der Waals surface area contributed by atoms with Crippen molar-refractivity contribution in [2.75, 3.05) is 0 Å². The number of hydrogen-bond acceptors (Lipinski definition) is 3. The zero-order chi connectivity index (χ0) is 15.9. The van der Waals surface area contributed by atoms with E-state index >= 15 is 0 Å². The van der Waals surface area contributed by atoms with E-state index in [1.54, 1.807) is 48.5 Å². The third kappa shape index (κ3) is 4.37. The first kappa shape index (κ1) is 16.1. The molecule has 22 heavy (non-hydrogen) atoms. The molecule has 0 aliphatic heterocycles. The minimum absolute atomic E-state index is 0.00466. The summed E-state index contributed by atoms with van der Waals surface area (Å²) in [4.78, 5) is 23.8. The van der Waals surface area contributed by atoms with Gasteiger partial charge in [-0.2, -0.15) is 0 Å². The Morgan fingerprint density at radius 1 is 0.864 bits per heavy atom. The molecular weight excluding hydrogens is 366 g/mol. The second-order valence-electron chi connectivity index (χ2n) is 4.21. The Bertz CT molecular complexity index is 707. The highest BCUT2D eigenvalue weighted by Gasteiger charge is 2.11. The Kier molecular flexibility index (Phi) is 5.62. The van der Waals surface area contributed by atoms with E-state index in [1.807, 2.05) is 6.07 Å². The van der Waals surface area contributed by atoms with Crippen LogP contribution in [-0.4, -0.2) is 16.9 Å². The van der Waals surface area contributed by atoms with Crippen LogP contribution in [0.1, 0.15) is 20.7 Å².